The minimum atomic E-state index is -0.533. The molecule has 0 amide bonds. The van der Waals surface area contributed by atoms with Crippen molar-refractivity contribution in [3.8, 4) is 12.1 Å². The van der Waals surface area contributed by atoms with Crippen molar-refractivity contribution in [1.82, 2.24) is 30.2 Å². The number of halogens is 1. The van der Waals surface area contributed by atoms with E-state index in [1.807, 2.05) is 29.1 Å². The molecule has 3 heterocycles. The summed E-state index contributed by atoms with van der Waals surface area (Å²) in [5.74, 6) is -0.354. The van der Waals surface area contributed by atoms with Crippen LogP contribution in [0, 0.1) is 33.9 Å². The number of nitrogens with zero attached hydrogens (tertiary/aromatic N) is 8. The molecule has 1 aliphatic rings. The van der Waals surface area contributed by atoms with Gasteiger partial charge in [-0.1, -0.05) is 38.1 Å². The van der Waals surface area contributed by atoms with E-state index in [1.54, 1.807) is 24.4 Å². The van der Waals surface area contributed by atoms with Crippen LogP contribution in [0.1, 0.15) is 67.7 Å². The van der Waals surface area contributed by atoms with Gasteiger partial charge in [-0.15, -0.1) is 5.10 Å². The standard InChI is InChI=1S/C32H29FN10/c1-31(2,3)19-37-29-22(16-35)17-36-28-21(15-34)13-24(14-25(28)29)39-30(20-6-8-23(33)9-7-20)26-18-43(42-40-26)32(10-11-32)27-5-4-12-38-41-27/h4-9,12-14,17-18,30,39H,10-11,19H2,1-3H3,(H,36,37). The highest BCUT2D eigenvalue weighted by atomic mass is 19.1. The Kier molecular flexibility index (Phi) is 6.95. The minimum Gasteiger partial charge on any atom is -0.383 e. The molecular weight excluding hydrogens is 543 g/mol. The van der Waals surface area contributed by atoms with Gasteiger partial charge in [-0.25, -0.2) is 9.07 Å². The molecule has 0 spiro atoms. The number of benzene rings is 2. The second-order valence-electron chi connectivity index (χ2n) is 12.0. The maximum absolute atomic E-state index is 13.9. The lowest BCUT2D eigenvalue weighted by molar-refractivity contribution is 0.443. The average molecular weight is 573 g/mol. The van der Waals surface area contributed by atoms with Crippen LogP contribution in [0.25, 0.3) is 10.9 Å². The lowest BCUT2D eigenvalue weighted by Gasteiger charge is -2.22. The van der Waals surface area contributed by atoms with Crippen molar-refractivity contribution in [3.05, 3.63) is 101 Å². The molecule has 0 radical (unpaired) electrons. The number of nitrogens with one attached hydrogen (secondary N) is 2. The maximum atomic E-state index is 13.9. The molecule has 0 bridgehead atoms. The molecule has 0 aliphatic heterocycles. The Hall–Kier alpha value is -5.42. The van der Waals surface area contributed by atoms with E-state index in [1.165, 1.54) is 18.3 Å². The highest BCUT2D eigenvalue weighted by Gasteiger charge is 2.49. The number of fused-ring (bicyclic) bond motifs is 1. The minimum absolute atomic E-state index is 0.0556. The lowest BCUT2D eigenvalue weighted by atomic mass is 9.96. The molecule has 10 nitrogen and oxygen atoms in total. The molecular formula is C32H29FN10. The molecule has 2 aromatic carbocycles. The smallest absolute Gasteiger partial charge is 0.123 e. The van der Waals surface area contributed by atoms with E-state index in [2.05, 4.69) is 69.0 Å². The van der Waals surface area contributed by atoms with E-state index in [0.29, 0.717) is 45.6 Å². The zero-order valence-electron chi connectivity index (χ0n) is 24.0. The summed E-state index contributed by atoms with van der Waals surface area (Å²) in [5.41, 5.74) is 4.18. The van der Waals surface area contributed by atoms with Crippen molar-refractivity contribution in [2.75, 3.05) is 17.2 Å². The molecule has 2 N–H and O–H groups in total. The van der Waals surface area contributed by atoms with Gasteiger partial charge in [0.2, 0.25) is 0 Å². The monoisotopic (exact) mass is 572 g/mol. The Morgan fingerprint density at radius 2 is 1.81 bits per heavy atom. The molecule has 1 unspecified atom stereocenters. The number of aromatic nitrogens is 6. The molecule has 1 saturated carbocycles. The van der Waals surface area contributed by atoms with Crippen molar-refractivity contribution in [2.24, 2.45) is 5.41 Å². The Labute approximate surface area is 248 Å². The fourth-order valence-electron chi connectivity index (χ4n) is 5.14. The fraction of sp³-hybridized carbons (Fsp3) is 0.281. The summed E-state index contributed by atoms with van der Waals surface area (Å²) in [4.78, 5) is 4.45. The molecule has 6 rings (SSSR count). The molecule has 1 aliphatic carbocycles. The second-order valence-corrected chi connectivity index (χ2v) is 12.0. The number of nitriles is 2. The predicted molar refractivity (Wildman–Crippen MR) is 159 cm³/mol. The number of rotatable bonds is 8. The van der Waals surface area contributed by atoms with E-state index < -0.39 is 11.6 Å². The van der Waals surface area contributed by atoms with Gasteiger partial charge < -0.3 is 10.6 Å². The van der Waals surface area contributed by atoms with Crippen molar-refractivity contribution >= 4 is 22.3 Å². The van der Waals surface area contributed by atoms with E-state index in [-0.39, 0.29) is 11.2 Å². The van der Waals surface area contributed by atoms with Gasteiger partial charge in [-0.05, 0) is 60.2 Å². The van der Waals surface area contributed by atoms with Crippen LogP contribution in [0.3, 0.4) is 0 Å². The summed E-state index contributed by atoms with van der Waals surface area (Å²) < 4.78 is 15.8. The van der Waals surface area contributed by atoms with Crippen LogP contribution in [0.5, 0.6) is 0 Å². The third kappa shape index (κ3) is 5.45. The normalized spacial score (nSPS) is 14.5. The zero-order chi connectivity index (χ0) is 30.2. The summed E-state index contributed by atoms with van der Waals surface area (Å²) in [6.07, 6.45) is 6.72. The van der Waals surface area contributed by atoms with Gasteiger partial charge in [-0.3, -0.25) is 4.98 Å². The molecule has 1 fully saturated rings. The van der Waals surface area contributed by atoms with Gasteiger partial charge in [0.15, 0.2) is 0 Å². The number of pyridine rings is 1. The summed E-state index contributed by atoms with van der Waals surface area (Å²) in [7, 11) is 0. The molecule has 214 valence electrons. The van der Waals surface area contributed by atoms with Gasteiger partial charge in [0.25, 0.3) is 0 Å². The lowest BCUT2D eigenvalue weighted by Crippen LogP contribution is -2.21. The van der Waals surface area contributed by atoms with Gasteiger partial charge in [0.05, 0.1) is 40.3 Å². The maximum Gasteiger partial charge on any atom is 0.123 e. The van der Waals surface area contributed by atoms with E-state index >= 15 is 0 Å². The van der Waals surface area contributed by atoms with Crippen LogP contribution in [-0.2, 0) is 5.54 Å². The SMILES string of the molecule is CC(C)(C)CNc1c(C#N)cnc2c(C#N)cc(NC(c3ccc(F)cc3)c3cn(C4(c5cccnn5)CC4)nn3)cc12. The first-order valence-electron chi connectivity index (χ1n) is 13.9. The number of anilines is 2. The van der Waals surface area contributed by atoms with Crippen molar-refractivity contribution in [1.29, 1.82) is 10.5 Å². The molecule has 0 saturated heterocycles. The molecule has 43 heavy (non-hydrogen) atoms. The predicted octanol–water partition coefficient (Wildman–Crippen LogP) is 5.70. The first-order valence-corrected chi connectivity index (χ1v) is 13.9. The Balaban J connectivity index is 1.44. The van der Waals surface area contributed by atoms with Gasteiger partial charge >= 0.3 is 0 Å². The van der Waals surface area contributed by atoms with E-state index in [9.17, 15) is 14.9 Å². The number of hydrogen-bond acceptors (Lipinski definition) is 9. The molecule has 3 aromatic heterocycles. The molecule has 1 atom stereocenters. The van der Waals surface area contributed by atoms with Crippen LogP contribution in [-0.4, -0.2) is 36.7 Å². The van der Waals surface area contributed by atoms with Crippen molar-refractivity contribution in [3.63, 3.8) is 0 Å². The summed E-state index contributed by atoms with van der Waals surface area (Å²) in [6.45, 7) is 6.90. The van der Waals surface area contributed by atoms with Crippen molar-refractivity contribution < 1.29 is 4.39 Å². The average Bonchev–Trinajstić information content (AvgIpc) is 3.68. The summed E-state index contributed by atoms with van der Waals surface area (Å²) in [6, 6.07) is 17.5. The third-order valence-corrected chi connectivity index (χ3v) is 7.54. The highest BCUT2D eigenvalue weighted by molar-refractivity contribution is 5.99. The Morgan fingerprint density at radius 1 is 1.05 bits per heavy atom. The van der Waals surface area contributed by atoms with Crippen LogP contribution in [0.15, 0.2) is 67.1 Å². The summed E-state index contributed by atoms with van der Waals surface area (Å²) >= 11 is 0. The van der Waals surface area contributed by atoms with Crippen LogP contribution in [0.2, 0.25) is 0 Å². The van der Waals surface area contributed by atoms with Crippen LogP contribution < -0.4 is 10.6 Å². The molecule has 5 aromatic rings. The highest BCUT2D eigenvalue weighted by Crippen LogP contribution is 2.48. The van der Waals surface area contributed by atoms with Crippen LogP contribution in [0.4, 0.5) is 15.8 Å². The fourth-order valence-corrected chi connectivity index (χ4v) is 5.14. The van der Waals surface area contributed by atoms with Gasteiger partial charge in [0.1, 0.15) is 29.2 Å². The van der Waals surface area contributed by atoms with Crippen molar-refractivity contribution in [2.45, 2.75) is 45.2 Å². The Bertz CT molecular complexity index is 1870. The number of hydrogen-bond donors (Lipinski definition) is 2. The molecule has 11 heteroatoms. The zero-order valence-corrected chi connectivity index (χ0v) is 24.0. The largest absolute Gasteiger partial charge is 0.383 e. The first kappa shape index (κ1) is 27.7. The Morgan fingerprint density at radius 3 is 2.47 bits per heavy atom. The quantitative estimate of drug-likeness (QED) is 0.240. The van der Waals surface area contributed by atoms with Crippen LogP contribution >= 0.6 is 0 Å². The van der Waals surface area contributed by atoms with Gasteiger partial charge in [0, 0.05) is 30.0 Å². The summed E-state index contributed by atoms with van der Waals surface area (Å²) in [5, 5.41) is 44.8. The second kappa shape index (κ2) is 10.8. The van der Waals surface area contributed by atoms with E-state index in [0.717, 1.165) is 24.1 Å². The topological polar surface area (TPSA) is 141 Å². The van der Waals surface area contributed by atoms with Gasteiger partial charge in [-0.2, -0.15) is 20.7 Å². The third-order valence-electron chi connectivity index (χ3n) is 7.54. The first-order chi connectivity index (χ1) is 20.7. The van der Waals surface area contributed by atoms with E-state index in [4.69, 9.17) is 0 Å².